The number of H-pyrrole nitrogens is 1. The average molecular weight is 466 g/mol. The minimum atomic E-state index is -3.28. The Hall–Kier alpha value is -3.39. The van der Waals surface area contributed by atoms with Gasteiger partial charge in [-0.2, -0.15) is 0 Å². The molecule has 1 aliphatic heterocycles. The van der Waals surface area contributed by atoms with E-state index in [9.17, 15) is 18.0 Å². The van der Waals surface area contributed by atoms with E-state index < -0.39 is 21.8 Å². The van der Waals surface area contributed by atoms with Crippen molar-refractivity contribution in [3.05, 3.63) is 78.0 Å². The van der Waals surface area contributed by atoms with Crippen LogP contribution in [0.1, 0.15) is 28.8 Å². The lowest BCUT2D eigenvalue weighted by atomic mass is 9.98. The molecule has 0 saturated heterocycles. The zero-order valence-electron chi connectivity index (χ0n) is 18.5. The molecule has 0 saturated carbocycles. The summed E-state index contributed by atoms with van der Waals surface area (Å²) in [6.45, 7) is 0.908. The highest BCUT2D eigenvalue weighted by atomic mass is 32.2. The highest BCUT2D eigenvalue weighted by Crippen LogP contribution is 2.29. The Balaban J connectivity index is 1.49. The van der Waals surface area contributed by atoms with Crippen molar-refractivity contribution >= 4 is 38.1 Å². The SMILES string of the molecule is CS(=O)(=O)CCC(NC(=O)c1ccccc1)C(=O)N1CC=C(c2c[nH]c3ccccc23)CC1. The minimum Gasteiger partial charge on any atom is -0.361 e. The van der Waals surface area contributed by atoms with Crippen LogP contribution in [-0.4, -0.2) is 61.3 Å². The Labute approximate surface area is 193 Å². The van der Waals surface area contributed by atoms with E-state index in [4.69, 9.17) is 0 Å². The van der Waals surface area contributed by atoms with Crippen molar-refractivity contribution in [2.45, 2.75) is 18.9 Å². The molecule has 2 aromatic carbocycles. The zero-order chi connectivity index (χ0) is 23.4. The molecule has 8 heteroatoms. The number of sulfone groups is 1. The van der Waals surface area contributed by atoms with Gasteiger partial charge in [0, 0.05) is 47.6 Å². The average Bonchev–Trinajstić information content (AvgIpc) is 3.25. The van der Waals surface area contributed by atoms with E-state index in [1.165, 1.54) is 0 Å². The van der Waals surface area contributed by atoms with Crippen LogP contribution >= 0.6 is 0 Å². The van der Waals surface area contributed by atoms with E-state index in [1.807, 2.05) is 30.5 Å². The van der Waals surface area contributed by atoms with Crippen LogP contribution in [0.3, 0.4) is 0 Å². The molecule has 7 nitrogen and oxygen atoms in total. The number of para-hydroxylation sites is 1. The number of aromatic nitrogens is 1. The summed E-state index contributed by atoms with van der Waals surface area (Å²) in [5, 5.41) is 3.89. The summed E-state index contributed by atoms with van der Waals surface area (Å²) in [6.07, 6.45) is 5.86. The van der Waals surface area contributed by atoms with E-state index in [1.54, 1.807) is 35.2 Å². The fourth-order valence-electron chi connectivity index (χ4n) is 4.09. The number of benzene rings is 2. The molecular formula is C25H27N3O4S. The number of rotatable bonds is 7. The molecule has 1 aromatic heterocycles. The first-order chi connectivity index (χ1) is 15.8. The van der Waals surface area contributed by atoms with Gasteiger partial charge >= 0.3 is 0 Å². The van der Waals surface area contributed by atoms with Crippen LogP contribution in [0.25, 0.3) is 16.5 Å². The fraction of sp³-hybridized carbons (Fsp3) is 0.280. The van der Waals surface area contributed by atoms with Crippen molar-refractivity contribution in [2.24, 2.45) is 0 Å². The largest absolute Gasteiger partial charge is 0.361 e. The smallest absolute Gasteiger partial charge is 0.251 e. The fourth-order valence-corrected chi connectivity index (χ4v) is 4.76. The molecule has 2 amide bonds. The maximum atomic E-state index is 13.3. The Morgan fingerprint density at radius 1 is 1.09 bits per heavy atom. The van der Waals surface area contributed by atoms with Gasteiger partial charge in [-0.1, -0.05) is 42.5 Å². The summed E-state index contributed by atoms with van der Waals surface area (Å²) in [5.74, 6) is -0.838. The molecule has 1 atom stereocenters. The molecule has 0 fully saturated rings. The highest BCUT2D eigenvalue weighted by molar-refractivity contribution is 7.90. The highest BCUT2D eigenvalue weighted by Gasteiger charge is 2.28. The van der Waals surface area contributed by atoms with Crippen molar-refractivity contribution < 1.29 is 18.0 Å². The second-order valence-electron chi connectivity index (χ2n) is 8.32. The number of hydrogen-bond donors (Lipinski definition) is 2. The van der Waals surface area contributed by atoms with Crippen molar-refractivity contribution in [1.29, 1.82) is 0 Å². The van der Waals surface area contributed by atoms with Gasteiger partial charge in [0.2, 0.25) is 5.91 Å². The number of fused-ring (bicyclic) bond motifs is 1. The van der Waals surface area contributed by atoms with Gasteiger partial charge in [-0.25, -0.2) is 8.42 Å². The van der Waals surface area contributed by atoms with Gasteiger partial charge in [0.15, 0.2) is 0 Å². The maximum absolute atomic E-state index is 13.3. The Morgan fingerprint density at radius 3 is 2.52 bits per heavy atom. The van der Waals surface area contributed by atoms with Crippen LogP contribution in [0.15, 0.2) is 66.9 Å². The summed E-state index contributed by atoms with van der Waals surface area (Å²) >= 11 is 0. The molecule has 0 bridgehead atoms. The number of nitrogens with one attached hydrogen (secondary N) is 2. The summed E-state index contributed by atoms with van der Waals surface area (Å²) in [5.41, 5.74) is 3.78. The van der Waals surface area contributed by atoms with Crippen molar-refractivity contribution in [3.63, 3.8) is 0 Å². The first-order valence-corrected chi connectivity index (χ1v) is 13.0. The van der Waals surface area contributed by atoms with E-state index in [0.29, 0.717) is 25.1 Å². The van der Waals surface area contributed by atoms with Gasteiger partial charge in [-0.05, 0) is 36.6 Å². The van der Waals surface area contributed by atoms with Gasteiger partial charge in [-0.3, -0.25) is 9.59 Å². The second kappa shape index (κ2) is 9.62. The van der Waals surface area contributed by atoms with E-state index in [-0.39, 0.29) is 18.1 Å². The van der Waals surface area contributed by atoms with Gasteiger partial charge < -0.3 is 15.2 Å². The normalized spacial score (nSPS) is 15.2. The number of hydrogen-bond acceptors (Lipinski definition) is 4. The first-order valence-electron chi connectivity index (χ1n) is 10.9. The number of amides is 2. The molecule has 2 heterocycles. The Kier molecular flexibility index (Phi) is 6.65. The van der Waals surface area contributed by atoms with Crippen molar-refractivity contribution in [1.82, 2.24) is 15.2 Å². The van der Waals surface area contributed by atoms with Crippen LogP contribution in [0, 0.1) is 0 Å². The van der Waals surface area contributed by atoms with E-state index >= 15 is 0 Å². The molecular weight excluding hydrogens is 438 g/mol. The number of nitrogens with zero attached hydrogens (tertiary/aromatic N) is 1. The third-order valence-corrected chi connectivity index (χ3v) is 6.85. The quantitative estimate of drug-likeness (QED) is 0.560. The maximum Gasteiger partial charge on any atom is 0.251 e. The molecule has 0 aliphatic carbocycles. The Bertz CT molecular complexity index is 1300. The molecule has 3 aromatic rings. The molecule has 4 rings (SSSR count). The Morgan fingerprint density at radius 2 is 1.82 bits per heavy atom. The molecule has 1 aliphatic rings. The van der Waals surface area contributed by atoms with Gasteiger partial charge in [0.1, 0.15) is 15.9 Å². The number of aromatic amines is 1. The van der Waals surface area contributed by atoms with Crippen LogP contribution in [-0.2, 0) is 14.6 Å². The zero-order valence-corrected chi connectivity index (χ0v) is 19.3. The van der Waals surface area contributed by atoms with Gasteiger partial charge in [0.25, 0.3) is 5.91 Å². The summed E-state index contributed by atoms with van der Waals surface area (Å²) in [7, 11) is -3.28. The second-order valence-corrected chi connectivity index (χ2v) is 10.6. The van der Waals surface area contributed by atoms with Crippen LogP contribution in [0.2, 0.25) is 0 Å². The van der Waals surface area contributed by atoms with Crippen molar-refractivity contribution in [2.75, 3.05) is 25.1 Å². The molecule has 2 N–H and O–H groups in total. The summed E-state index contributed by atoms with van der Waals surface area (Å²) in [6, 6.07) is 15.8. The molecule has 33 heavy (non-hydrogen) atoms. The lowest BCUT2D eigenvalue weighted by Gasteiger charge is -2.30. The van der Waals surface area contributed by atoms with Crippen LogP contribution < -0.4 is 5.32 Å². The monoisotopic (exact) mass is 465 g/mol. The number of carbonyl (C=O) groups excluding carboxylic acids is 2. The predicted molar refractivity (Wildman–Crippen MR) is 129 cm³/mol. The van der Waals surface area contributed by atoms with Crippen LogP contribution in [0.5, 0.6) is 0 Å². The van der Waals surface area contributed by atoms with E-state index in [0.717, 1.165) is 28.3 Å². The standard InChI is InChI=1S/C25H27N3O4S/c1-33(31,32)16-13-23(27-24(29)19-7-3-2-4-8-19)25(30)28-14-11-18(12-15-28)21-17-26-22-10-6-5-9-20(21)22/h2-11,17,23,26H,12-16H2,1H3,(H,27,29). The summed E-state index contributed by atoms with van der Waals surface area (Å²) < 4.78 is 23.4. The molecule has 1 unspecified atom stereocenters. The third kappa shape index (κ3) is 5.51. The van der Waals surface area contributed by atoms with Crippen molar-refractivity contribution in [3.8, 4) is 0 Å². The van der Waals surface area contributed by atoms with Gasteiger partial charge in [0.05, 0.1) is 5.75 Å². The minimum absolute atomic E-state index is 0.0335. The predicted octanol–water partition coefficient (Wildman–Crippen LogP) is 3.02. The first kappa shape index (κ1) is 22.8. The van der Waals surface area contributed by atoms with Gasteiger partial charge in [-0.15, -0.1) is 0 Å². The third-order valence-electron chi connectivity index (χ3n) is 5.87. The molecule has 0 radical (unpaired) electrons. The molecule has 0 spiro atoms. The lowest BCUT2D eigenvalue weighted by Crippen LogP contribution is -2.50. The van der Waals surface area contributed by atoms with Crippen LogP contribution in [0.4, 0.5) is 0 Å². The van der Waals surface area contributed by atoms with E-state index in [2.05, 4.69) is 16.4 Å². The summed E-state index contributed by atoms with van der Waals surface area (Å²) in [4.78, 5) is 30.9. The lowest BCUT2D eigenvalue weighted by molar-refractivity contribution is -0.132. The number of carbonyl (C=O) groups is 2. The topological polar surface area (TPSA) is 99.3 Å². The molecule has 172 valence electrons.